The van der Waals surface area contributed by atoms with Crippen LogP contribution in [0.5, 0.6) is 0 Å². The maximum Gasteiger partial charge on any atom is 0.205 e. The molecule has 3 heteroatoms. The van der Waals surface area contributed by atoms with Crippen molar-refractivity contribution in [3.05, 3.63) is 53.1 Å². The third-order valence-corrected chi connectivity index (χ3v) is 6.76. The zero-order valence-electron chi connectivity index (χ0n) is 18.9. The molecule has 0 radical (unpaired) electrons. The molecule has 0 saturated carbocycles. The van der Waals surface area contributed by atoms with Gasteiger partial charge in [0.25, 0.3) is 0 Å². The Labute approximate surface area is 173 Å². The Balaban J connectivity index is 2.80. The Morgan fingerprint density at radius 3 is 1.68 bits per heavy atom. The second-order valence-electron chi connectivity index (χ2n) is 8.15. The molecule has 2 rings (SSSR count). The normalized spacial score (nSPS) is 12.0. The number of hydrogen-bond acceptors (Lipinski definition) is 2. The van der Waals surface area contributed by atoms with Crippen molar-refractivity contribution >= 4 is 13.7 Å². The highest BCUT2D eigenvalue weighted by Gasteiger charge is 2.24. The van der Waals surface area contributed by atoms with Gasteiger partial charge in [-0.25, -0.2) is 0 Å². The van der Waals surface area contributed by atoms with Crippen LogP contribution in [0.3, 0.4) is 0 Å². The average molecular weight is 401 g/mol. The van der Waals surface area contributed by atoms with Crippen LogP contribution in [0.15, 0.2) is 36.4 Å². The fourth-order valence-electron chi connectivity index (χ4n) is 3.52. The minimum atomic E-state index is -1.08. The molecule has 0 aliphatic carbocycles. The summed E-state index contributed by atoms with van der Waals surface area (Å²) in [6.45, 7) is 19.1. The number of hydrogen-bond donors (Lipinski definition) is 0. The molecule has 0 aliphatic heterocycles. The summed E-state index contributed by atoms with van der Waals surface area (Å²) in [5.74, 6) is 1.41. The first kappa shape index (κ1) is 23.1. The van der Waals surface area contributed by atoms with Crippen molar-refractivity contribution in [3.63, 3.8) is 0 Å². The molecule has 0 fully saturated rings. The highest BCUT2D eigenvalue weighted by atomic mass is 31.2. The van der Waals surface area contributed by atoms with Gasteiger partial charge in [0.05, 0.1) is 13.2 Å². The molecule has 154 valence electrons. The summed E-state index contributed by atoms with van der Waals surface area (Å²) in [6.07, 6.45) is 0. The molecule has 2 aromatic carbocycles. The van der Waals surface area contributed by atoms with Crippen LogP contribution in [0, 0.1) is 0 Å². The molecule has 28 heavy (non-hydrogen) atoms. The van der Waals surface area contributed by atoms with E-state index in [0.29, 0.717) is 31.0 Å². The topological polar surface area (TPSA) is 18.5 Å². The zero-order chi connectivity index (χ0) is 20.8. The van der Waals surface area contributed by atoms with Crippen LogP contribution in [0.4, 0.5) is 0 Å². The minimum absolute atomic E-state index is 0.449. The lowest BCUT2D eigenvalue weighted by molar-refractivity contribution is 0.277. The Morgan fingerprint density at radius 1 is 0.750 bits per heavy atom. The van der Waals surface area contributed by atoms with Crippen molar-refractivity contribution in [1.82, 2.24) is 0 Å². The lowest BCUT2D eigenvalue weighted by Gasteiger charge is -2.26. The molecule has 0 bridgehead atoms. The Kier molecular flexibility index (Phi) is 8.68. The van der Waals surface area contributed by atoms with E-state index in [1.165, 1.54) is 33.1 Å². The van der Waals surface area contributed by atoms with Gasteiger partial charge in [0.15, 0.2) is 0 Å². The standard InChI is InChI=1S/C25H37O2P/c1-9-26-28(27-10-2)24-14-12-11-13-21(24)25-22(18(5)6)15-20(17(3)4)16-23(25)19(7)8/h11-19H,9-10H2,1-8H3. The summed E-state index contributed by atoms with van der Waals surface area (Å²) in [7, 11) is -1.08. The molecule has 2 nitrogen and oxygen atoms in total. The minimum Gasteiger partial charge on any atom is -0.331 e. The Morgan fingerprint density at radius 2 is 1.25 bits per heavy atom. The first-order chi connectivity index (χ1) is 13.3. The van der Waals surface area contributed by atoms with Crippen molar-refractivity contribution in [1.29, 1.82) is 0 Å². The van der Waals surface area contributed by atoms with Gasteiger partial charge in [-0.05, 0) is 65.5 Å². The van der Waals surface area contributed by atoms with E-state index in [2.05, 4.69) is 77.9 Å². The van der Waals surface area contributed by atoms with Crippen LogP contribution in [0.1, 0.15) is 89.8 Å². The van der Waals surface area contributed by atoms with E-state index in [0.717, 1.165) is 0 Å². The maximum absolute atomic E-state index is 6.04. The number of rotatable bonds is 9. The molecular weight excluding hydrogens is 363 g/mol. The van der Waals surface area contributed by atoms with Crippen molar-refractivity contribution < 1.29 is 9.05 Å². The van der Waals surface area contributed by atoms with Crippen molar-refractivity contribution in [3.8, 4) is 11.1 Å². The van der Waals surface area contributed by atoms with E-state index in [4.69, 9.17) is 9.05 Å². The molecule has 0 spiro atoms. The van der Waals surface area contributed by atoms with Gasteiger partial charge in [-0.3, -0.25) is 0 Å². The van der Waals surface area contributed by atoms with E-state index in [1.54, 1.807) is 0 Å². The van der Waals surface area contributed by atoms with Gasteiger partial charge in [0.2, 0.25) is 8.38 Å². The van der Waals surface area contributed by atoms with Crippen LogP contribution >= 0.6 is 8.38 Å². The molecule has 0 amide bonds. The third-order valence-electron chi connectivity index (χ3n) is 5.00. The Hall–Kier alpha value is -1.21. The lowest BCUT2D eigenvalue weighted by atomic mass is 9.82. The summed E-state index contributed by atoms with van der Waals surface area (Å²) >= 11 is 0. The maximum atomic E-state index is 6.04. The second-order valence-corrected chi connectivity index (χ2v) is 9.66. The molecule has 2 aromatic rings. The molecule has 0 unspecified atom stereocenters. The Bertz CT molecular complexity index is 730. The predicted molar refractivity (Wildman–Crippen MR) is 124 cm³/mol. The fourth-order valence-corrected chi connectivity index (χ4v) is 4.93. The van der Waals surface area contributed by atoms with Gasteiger partial charge < -0.3 is 9.05 Å². The highest BCUT2D eigenvalue weighted by Crippen LogP contribution is 2.44. The summed E-state index contributed by atoms with van der Waals surface area (Å²) in [4.78, 5) is 0. The zero-order valence-corrected chi connectivity index (χ0v) is 19.8. The van der Waals surface area contributed by atoms with Gasteiger partial charge in [-0.15, -0.1) is 0 Å². The van der Waals surface area contributed by atoms with Crippen LogP contribution in [-0.4, -0.2) is 13.2 Å². The van der Waals surface area contributed by atoms with E-state index in [1.807, 2.05) is 13.8 Å². The van der Waals surface area contributed by atoms with E-state index in [-0.39, 0.29) is 0 Å². The molecule has 0 aromatic heterocycles. The molecule has 0 N–H and O–H groups in total. The molecule has 0 saturated heterocycles. The van der Waals surface area contributed by atoms with Crippen LogP contribution in [0.25, 0.3) is 11.1 Å². The first-order valence-electron chi connectivity index (χ1n) is 10.6. The predicted octanol–water partition coefficient (Wildman–Crippen LogP) is 7.73. The molecule has 0 aliphatic rings. The summed E-state index contributed by atoms with van der Waals surface area (Å²) in [5.41, 5.74) is 6.90. The van der Waals surface area contributed by atoms with Gasteiger partial charge in [-0.2, -0.15) is 0 Å². The quantitative estimate of drug-likeness (QED) is 0.401. The smallest absolute Gasteiger partial charge is 0.205 e. The monoisotopic (exact) mass is 400 g/mol. The average Bonchev–Trinajstić information content (AvgIpc) is 2.66. The summed E-state index contributed by atoms with van der Waals surface area (Å²) in [6, 6.07) is 13.5. The molecule has 0 heterocycles. The number of benzene rings is 2. The summed E-state index contributed by atoms with van der Waals surface area (Å²) < 4.78 is 12.1. The van der Waals surface area contributed by atoms with Crippen LogP contribution in [-0.2, 0) is 9.05 Å². The summed E-state index contributed by atoms with van der Waals surface area (Å²) in [5, 5.41) is 1.18. The van der Waals surface area contributed by atoms with Gasteiger partial charge in [0, 0.05) is 5.30 Å². The van der Waals surface area contributed by atoms with Crippen molar-refractivity contribution in [2.45, 2.75) is 73.1 Å². The third kappa shape index (κ3) is 5.23. The van der Waals surface area contributed by atoms with Crippen LogP contribution in [0.2, 0.25) is 0 Å². The SMILES string of the molecule is CCOP(OCC)c1ccccc1-c1c(C(C)C)cc(C(C)C)cc1C(C)C. The van der Waals surface area contributed by atoms with Crippen molar-refractivity contribution in [2.75, 3.05) is 13.2 Å². The molecular formula is C25H37O2P. The fraction of sp³-hybridized carbons (Fsp3) is 0.520. The van der Waals surface area contributed by atoms with Gasteiger partial charge in [-0.1, -0.05) is 71.9 Å². The van der Waals surface area contributed by atoms with Gasteiger partial charge in [0.1, 0.15) is 0 Å². The highest BCUT2D eigenvalue weighted by molar-refractivity contribution is 7.56. The first-order valence-corrected chi connectivity index (χ1v) is 11.8. The van der Waals surface area contributed by atoms with Gasteiger partial charge >= 0.3 is 0 Å². The molecule has 0 atom stereocenters. The van der Waals surface area contributed by atoms with E-state index < -0.39 is 8.38 Å². The largest absolute Gasteiger partial charge is 0.331 e. The lowest BCUT2D eigenvalue weighted by Crippen LogP contribution is -2.13. The van der Waals surface area contributed by atoms with Crippen molar-refractivity contribution in [2.24, 2.45) is 0 Å². The van der Waals surface area contributed by atoms with E-state index in [9.17, 15) is 0 Å². The second kappa shape index (κ2) is 10.5. The van der Waals surface area contributed by atoms with E-state index >= 15 is 0 Å². The van der Waals surface area contributed by atoms with Crippen LogP contribution < -0.4 is 5.30 Å².